The van der Waals surface area contributed by atoms with Gasteiger partial charge in [-0.3, -0.25) is 0 Å². The number of ether oxygens (including phenoxy) is 1. The van der Waals surface area contributed by atoms with Gasteiger partial charge in [-0.05, 0) is 37.3 Å². The van der Waals surface area contributed by atoms with Gasteiger partial charge in [-0.25, -0.2) is 14.8 Å². The fraction of sp³-hybridized carbons (Fsp3) is 0.214. The average Bonchev–Trinajstić information content (AvgIpc) is 2.44. The number of aromatic carboxylic acids is 1. The quantitative estimate of drug-likeness (QED) is 0.501. The van der Waals surface area contributed by atoms with Gasteiger partial charge in [0.15, 0.2) is 5.16 Å². The molecule has 1 heterocycles. The zero-order valence-electron chi connectivity index (χ0n) is 10.9. The number of carbonyl (C=O) groups is 1. The molecule has 0 aliphatic carbocycles. The Kier molecular flexibility index (Phi) is 4.95. The molecule has 2 aromatic rings. The first-order valence-corrected chi connectivity index (χ1v) is 7.02. The Bertz CT molecular complexity index is 587. The summed E-state index contributed by atoms with van der Waals surface area (Å²) in [6.45, 7) is 2.43. The number of benzene rings is 1. The molecule has 104 valence electrons. The van der Waals surface area contributed by atoms with Crippen LogP contribution in [0.4, 0.5) is 0 Å². The molecule has 0 fully saturated rings. The standard InChI is InChI=1S/C14H14N2O3S/c1-10-6-7-15-14(16-10)20-9-8-19-12-4-2-11(3-5-12)13(17)18/h2-7H,8-9H2,1H3,(H,17,18). The first-order valence-electron chi connectivity index (χ1n) is 6.04. The van der Waals surface area contributed by atoms with E-state index in [9.17, 15) is 4.79 Å². The third kappa shape index (κ3) is 4.24. The zero-order chi connectivity index (χ0) is 14.4. The van der Waals surface area contributed by atoms with Crippen molar-refractivity contribution in [1.82, 2.24) is 9.97 Å². The van der Waals surface area contributed by atoms with Crippen LogP contribution in [0.5, 0.6) is 5.75 Å². The maximum atomic E-state index is 10.7. The fourth-order valence-electron chi connectivity index (χ4n) is 1.48. The maximum Gasteiger partial charge on any atom is 0.335 e. The molecule has 1 N–H and O–H groups in total. The Morgan fingerprint density at radius 2 is 2.05 bits per heavy atom. The summed E-state index contributed by atoms with van der Waals surface area (Å²) in [5.41, 5.74) is 1.19. The van der Waals surface area contributed by atoms with Crippen LogP contribution in [0, 0.1) is 6.92 Å². The van der Waals surface area contributed by atoms with Crippen molar-refractivity contribution in [2.75, 3.05) is 12.4 Å². The van der Waals surface area contributed by atoms with Gasteiger partial charge in [-0.15, -0.1) is 0 Å². The Labute approximate surface area is 121 Å². The molecule has 0 aliphatic heterocycles. The van der Waals surface area contributed by atoms with Gasteiger partial charge in [0.2, 0.25) is 0 Å². The molecule has 2 rings (SSSR count). The smallest absolute Gasteiger partial charge is 0.335 e. The fourth-order valence-corrected chi connectivity index (χ4v) is 2.17. The summed E-state index contributed by atoms with van der Waals surface area (Å²) in [6.07, 6.45) is 1.73. The highest BCUT2D eigenvalue weighted by atomic mass is 32.2. The Hall–Kier alpha value is -2.08. The van der Waals surface area contributed by atoms with Gasteiger partial charge in [-0.2, -0.15) is 0 Å². The van der Waals surface area contributed by atoms with Crippen molar-refractivity contribution in [2.45, 2.75) is 12.1 Å². The van der Waals surface area contributed by atoms with Crippen molar-refractivity contribution >= 4 is 17.7 Å². The van der Waals surface area contributed by atoms with Gasteiger partial charge < -0.3 is 9.84 Å². The zero-order valence-corrected chi connectivity index (χ0v) is 11.8. The summed E-state index contributed by atoms with van der Waals surface area (Å²) in [4.78, 5) is 19.1. The lowest BCUT2D eigenvalue weighted by atomic mass is 10.2. The van der Waals surface area contributed by atoms with E-state index in [2.05, 4.69) is 9.97 Å². The summed E-state index contributed by atoms with van der Waals surface area (Å²) >= 11 is 1.52. The highest BCUT2D eigenvalue weighted by Gasteiger charge is 2.02. The molecular formula is C14H14N2O3S. The van der Waals surface area contributed by atoms with Crippen LogP contribution in [-0.4, -0.2) is 33.4 Å². The van der Waals surface area contributed by atoms with Gasteiger partial charge in [0.25, 0.3) is 0 Å². The summed E-state index contributed by atoms with van der Waals surface area (Å²) < 4.78 is 5.52. The second-order valence-electron chi connectivity index (χ2n) is 4.01. The molecule has 0 amide bonds. The lowest BCUT2D eigenvalue weighted by molar-refractivity contribution is 0.0697. The number of aryl methyl sites for hydroxylation is 1. The van der Waals surface area contributed by atoms with E-state index >= 15 is 0 Å². The highest BCUT2D eigenvalue weighted by molar-refractivity contribution is 7.99. The largest absolute Gasteiger partial charge is 0.493 e. The van der Waals surface area contributed by atoms with E-state index in [4.69, 9.17) is 9.84 Å². The minimum Gasteiger partial charge on any atom is -0.493 e. The molecule has 0 spiro atoms. The monoisotopic (exact) mass is 290 g/mol. The lowest BCUT2D eigenvalue weighted by Gasteiger charge is -2.06. The van der Waals surface area contributed by atoms with Gasteiger partial charge in [0.05, 0.1) is 12.2 Å². The number of aromatic nitrogens is 2. The molecular weight excluding hydrogens is 276 g/mol. The number of thioether (sulfide) groups is 1. The number of nitrogens with zero attached hydrogens (tertiary/aromatic N) is 2. The topological polar surface area (TPSA) is 72.3 Å². The van der Waals surface area contributed by atoms with Crippen molar-refractivity contribution in [1.29, 1.82) is 0 Å². The van der Waals surface area contributed by atoms with Crippen LogP contribution < -0.4 is 4.74 Å². The number of carboxylic acids is 1. The molecule has 1 aromatic heterocycles. The van der Waals surface area contributed by atoms with E-state index in [1.54, 1.807) is 18.3 Å². The van der Waals surface area contributed by atoms with Crippen LogP contribution in [-0.2, 0) is 0 Å². The van der Waals surface area contributed by atoms with Gasteiger partial charge in [0, 0.05) is 17.6 Å². The molecule has 0 bridgehead atoms. The Balaban J connectivity index is 1.77. The van der Waals surface area contributed by atoms with Crippen LogP contribution in [0.2, 0.25) is 0 Å². The number of hydrogen-bond donors (Lipinski definition) is 1. The molecule has 0 atom stereocenters. The van der Waals surface area contributed by atoms with E-state index in [-0.39, 0.29) is 5.56 Å². The molecule has 5 nitrogen and oxygen atoms in total. The molecule has 0 aliphatic rings. The summed E-state index contributed by atoms with van der Waals surface area (Å²) in [5, 5.41) is 9.51. The van der Waals surface area contributed by atoms with Gasteiger partial charge >= 0.3 is 5.97 Å². The summed E-state index contributed by atoms with van der Waals surface area (Å²) in [6, 6.07) is 8.20. The van der Waals surface area contributed by atoms with E-state index in [0.29, 0.717) is 12.4 Å². The van der Waals surface area contributed by atoms with E-state index in [1.807, 2.05) is 13.0 Å². The SMILES string of the molecule is Cc1ccnc(SCCOc2ccc(C(=O)O)cc2)n1. The molecule has 0 saturated heterocycles. The van der Waals surface area contributed by atoms with Gasteiger partial charge in [0.1, 0.15) is 5.75 Å². The molecule has 0 unspecified atom stereocenters. The minimum atomic E-state index is -0.941. The average molecular weight is 290 g/mol. The predicted molar refractivity (Wildman–Crippen MR) is 76.4 cm³/mol. The highest BCUT2D eigenvalue weighted by Crippen LogP contribution is 2.15. The van der Waals surface area contributed by atoms with Crippen molar-refractivity contribution in [3.8, 4) is 5.75 Å². The lowest BCUT2D eigenvalue weighted by Crippen LogP contribution is -2.02. The number of carboxylic acid groups (broad SMARTS) is 1. The third-order valence-electron chi connectivity index (χ3n) is 2.46. The van der Waals surface area contributed by atoms with Crippen LogP contribution >= 0.6 is 11.8 Å². The second kappa shape index (κ2) is 6.91. The van der Waals surface area contributed by atoms with Gasteiger partial charge in [-0.1, -0.05) is 11.8 Å². The number of hydrogen-bond acceptors (Lipinski definition) is 5. The third-order valence-corrected chi connectivity index (χ3v) is 3.28. The van der Waals surface area contributed by atoms with Crippen molar-refractivity contribution in [2.24, 2.45) is 0 Å². The minimum absolute atomic E-state index is 0.250. The van der Waals surface area contributed by atoms with Crippen LogP contribution in [0.25, 0.3) is 0 Å². The first-order chi connectivity index (χ1) is 9.65. The predicted octanol–water partition coefficient (Wildman–Crippen LogP) is 2.65. The van der Waals surface area contributed by atoms with Crippen molar-refractivity contribution in [3.05, 3.63) is 47.8 Å². The first kappa shape index (κ1) is 14.3. The van der Waals surface area contributed by atoms with E-state index in [1.165, 1.54) is 23.9 Å². The molecule has 1 aromatic carbocycles. The van der Waals surface area contributed by atoms with Crippen LogP contribution in [0.3, 0.4) is 0 Å². The van der Waals surface area contributed by atoms with E-state index in [0.717, 1.165) is 16.6 Å². The summed E-state index contributed by atoms with van der Waals surface area (Å²) in [7, 11) is 0. The Morgan fingerprint density at radius 1 is 1.30 bits per heavy atom. The summed E-state index contributed by atoms with van der Waals surface area (Å²) in [5.74, 6) is 0.439. The van der Waals surface area contributed by atoms with E-state index < -0.39 is 5.97 Å². The molecule has 6 heteroatoms. The molecule has 0 saturated carbocycles. The van der Waals surface area contributed by atoms with Crippen molar-refractivity contribution < 1.29 is 14.6 Å². The Morgan fingerprint density at radius 3 is 2.70 bits per heavy atom. The molecule has 20 heavy (non-hydrogen) atoms. The van der Waals surface area contributed by atoms with Crippen LogP contribution in [0.15, 0.2) is 41.7 Å². The number of rotatable bonds is 6. The normalized spacial score (nSPS) is 10.2. The van der Waals surface area contributed by atoms with Crippen LogP contribution in [0.1, 0.15) is 16.1 Å². The maximum absolute atomic E-state index is 10.7. The van der Waals surface area contributed by atoms with Crippen molar-refractivity contribution in [3.63, 3.8) is 0 Å². The molecule has 0 radical (unpaired) electrons. The second-order valence-corrected chi connectivity index (χ2v) is 5.07.